The lowest BCUT2D eigenvalue weighted by atomic mass is 10.1. The van der Waals surface area contributed by atoms with Crippen LogP contribution in [0, 0.1) is 0 Å². The summed E-state index contributed by atoms with van der Waals surface area (Å²) in [5.74, 6) is 0.670. The molecule has 17 heavy (non-hydrogen) atoms. The van der Waals surface area contributed by atoms with E-state index in [1.807, 2.05) is 12.1 Å². The monoisotopic (exact) mass is 232 g/mol. The van der Waals surface area contributed by atoms with Crippen molar-refractivity contribution in [3.8, 4) is 5.88 Å². The molecule has 2 aromatic rings. The molecule has 4 nitrogen and oxygen atoms in total. The zero-order chi connectivity index (χ0) is 11.5. The van der Waals surface area contributed by atoms with Gasteiger partial charge in [-0.15, -0.1) is 0 Å². The van der Waals surface area contributed by atoms with Crippen molar-refractivity contribution in [3.63, 3.8) is 0 Å². The topological polar surface area (TPSA) is 47.3 Å². The largest absolute Gasteiger partial charge is 0.475 e. The van der Waals surface area contributed by atoms with E-state index < -0.39 is 0 Å². The summed E-state index contributed by atoms with van der Waals surface area (Å²) >= 11 is 0. The SMILES string of the molecule is c1cc2occc2c(OCC2CCCCN2)n1. The maximum Gasteiger partial charge on any atom is 0.224 e. The first-order chi connectivity index (χ1) is 8.43. The Labute approximate surface area is 100.0 Å². The fourth-order valence-corrected chi connectivity index (χ4v) is 2.23. The third-order valence-corrected chi connectivity index (χ3v) is 3.18. The summed E-state index contributed by atoms with van der Waals surface area (Å²) in [4.78, 5) is 4.25. The maximum absolute atomic E-state index is 5.78. The Hall–Kier alpha value is -1.55. The van der Waals surface area contributed by atoms with Crippen LogP contribution in [0.4, 0.5) is 0 Å². The highest BCUT2D eigenvalue weighted by Gasteiger charge is 2.14. The van der Waals surface area contributed by atoms with Crippen LogP contribution in [0.15, 0.2) is 29.0 Å². The van der Waals surface area contributed by atoms with Crippen LogP contribution in [0.3, 0.4) is 0 Å². The minimum atomic E-state index is 0.452. The van der Waals surface area contributed by atoms with Crippen LogP contribution in [-0.4, -0.2) is 24.2 Å². The molecule has 1 saturated heterocycles. The van der Waals surface area contributed by atoms with Crippen molar-refractivity contribution < 1.29 is 9.15 Å². The van der Waals surface area contributed by atoms with Gasteiger partial charge in [-0.1, -0.05) is 6.42 Å². The molecule has 0 bridgehead atoms. The van der Waals surface area contributed by atoms with E-state index in [-0.39, 0.29) is 0 Å². The second-order valence-electron chi connectivity index (χ2n) is 4.41. The molecule has 1 aliphatic rings. The molecule has 3 heterocycles. The van der Waals surface area contributed by atoms with E-state index in [1.165, 1.54) is 19.3 Å². The van der Waals surface area contributed by atoms with Gasteiger partial charge in [0.2, 0.25) is 5.88 Å². The first kappa shape index (κ1) is 10.6. The smallest absolute Gasteiger partial charge is 0.224 e. The van der Waals surface area contributed by atoms with Gasteiger partial charge in [-0.25, -0.2) is 4.98 Å². The molecule has 1 aliphatic heterocycles. The molecule has 3 rings (SSSR count). The number of furan rings is 1. The number of piperidine rings is 1. The van der Waals surface area contributed by atoms with E-state index >= 15 is 0 Å². The van der Waals surface area contributed by atoms with Crippen molar-refractivity contribution in [1.29, 1.82) is 0 Å². The summed E-state index contributed by atoms with van der Waals surface area (Å²) in [6.07, 6.45) is 7.12. The Morgan fingerprint density at radius 2 is 2.41 bits per heavy atom. The Balaban J connectivity index is 1.69. The molecule has 1 fully saturated rings. The number of hydrogen-bond donors (Lipinski definition) is 1. The van der Waals surface area contributed by atoms with Gasteiger partial charge < -0.3 is 14.5 Å². The molecular weight excluding hydrogens is 216 g/mol. The maximum atomic E-state index is 5.78. The van der Waals surface area contributed by atoms with Crippen molar-refractivity contribution >= 4 is 11.0 Å². The molecule has 0 amide bonds. The van der Waals surface area contributed by atoms with E-state index in [0.717, 1.165) is 17.5 Å². The fourth-order valence-electron chi connectivity index (χ4n) is 2.23. The fraction of sp³-hybridized carbons (Fsp3) is 0.462. The lowest BCUT2D eigenvalue weighted by Crippen LogP contribution is -2.38. The van der Waals surface area contributed by atoms with Crippen LogP contribution in [0.5, 0.6) is 5.88 Å². The number of pyridine rings is 1. The van der Waals surface area contributed by atoms with Crippen molar-refractivity contribution in [2.45, 2.75) is 25.3 Å². The van der Waals surface area contributed by atoms with Crippen molar-refractivity contribution in [3.05, 3.63) is 24.6 Å². The Kier molecular flexibility index (Phi) is 2.96. The molecule has 0 spiro atoms. The summed E-state index contributed by atoms with van der Waals surface area (Å²) < 4.78 is 11.1. The number of hydrogen-bond acceptors (Lipinski definition) is 4. The highest BCUT2D eigenvalue weighted by atomic mass is 16.5. The van der Waals surface area contributed by atoms with Gasteiger partial charge in [-0.3, -0.25) is 0 Å². The molecule has 90 valence electrons. The number of nitrogens with zero attached hydrogens (tertiary/aromatic N) is 1. The normalized spacial score (nSPS) is 20.6. The zero-order valence-electron chi connectivity index (χ0n) is 9.69. The van der Waals surface area contributed by atoms with Gasteiger partial charge in [0.25, 0.3) is 0 Å². The Morgan fingerprint density at radius 3 is 3.29 bits per heavy atom. The number of nitrogens with one attached hydrogen (secondary N) is 1. The van der Waals surface area contributed by atoms with Crippen LogP contribution in [0.2, 0.25) is 0 Å². The molecule has 2 aromatic heterocycles. The standard InChI is InChI=1S/C13H16N2O2/c1-2-6-14-10(3-1)9-17-13-11-5-8-16-12(11)4-7-15-13/h4-5,7-8,10,14H,1-3,6,9H2. The molecule has 0 saturated carbocycles. The average Bonchev–Trinajstić information content (AvgIpc) is 2.86. The molecule has 1 unspecified atom stereocenters. The van der Waals surface area contributed by atoms with Crippen LogP contribution >= 0.6 is 0 Å². The van der Waals surface area contributed by atoms with Gasteiger partial charge in [0.1, 0.15) is 12.2 Å². The lowest BCUT2D eigenvalue weighted by molar-refractivity contribution is 0.234. The van der Waals surface area contributed by atoms with Gasteiger partial charge >= 0.3 is 0 Å². The number of aromatic nitrogens is 1. The predicted octanol–water partition coefficient (Wildman–Crippen LogP) is 2.35. The van der Waals surface area contributed by atoms with Gasteiger partial charge in [0, 0.05) is 12.2 Å². The Bertz CT molecular complexity index is 489. The zero-order valence-corrected chi connectivity index (χ0v) is 9.69. The van der Waals surface area contributed by atoms with Crippen LogP contribution in [0.1, 0.15) is 19.3 Å². The molecule has 1 atom stereocenters. The minimum absolute atomic E-state index is 0.452. The molecule has 1 N–H and O–H groups in total. The van der Waals surface area contributed by atoms with E-state index in [4.69, 9.17) is 9.15 Å². The average molecular weight is 232 g/mol. The van der Waals surface area contributed by atoms with Crippen molar-refractivity contribution in [1.82, 2.24) is 10.3 Å². The number of fused-ring (bicyclic) bond motifs is 1. The number of ether oxygens (including phenoxy) is 1. The second kappa shape index (κ2) is 4.75. The van der Waals surface area contributed by atoms with E-state index in [0.29, 0.717) is 18.5 Å². The number of rotatable bonds is 3. The lowest BCUT2D eigenvalue weighted by Gasteiger charge is -2.23. The highest BCUT2D eigenvalue weighted by Crippen LogP contribution is 2.24. The van der Waals surface area contributed by atoms with Gasteiger partial charge in [-0.2, -0.15) is 0 Å². The molecule has 0 radical (unpaired) electrons. The highest BCUT2D eigenvalue weighted by molar-refractivity contribution is 5.81. The van der Waals surface area contributed by atoms with E-state index in [1.54, 1.807) is 12.5 Å². The third-order valence-electron chi connectivity index (χ3n) is 3.18. The summed E-state index contributed by atoms with van der Waals surface area (Å²) in [6.45, 7) is 1.77. The van der Waals surface area contributed by atoms with Crippen LogP contribution in [-0.2, 0) is 0 Å². The third kappa shape index (κ3) is 2.26. The second-order valence-corrected chi connectivity index (χ2v) is 4.41. The van der Waals surface area contributed by atoms with Crippen molar-refractivity contribution in [2.24, 2.45) is 0 Å². The van der Waals surface area contributed by atoms with Crippen LogP contribution in [0.25, 0.3) is 11.0 Å². The van der Waals surface area contributed by atoms with Gasteiger partial charge in [-0.05, 0) is 31.5 Å². The van der Waals surface area contributed by atoms with Crippen LogP contribution < -0.4 is 10.1 Å². The van der Waals surface area contributed by atoms with E-state index in [2.05, 4.69) is 10.3 Å². The Morgan fingerprint density at radius 1 is 1.41 bits per heavy atom. The van der Waals surface area contributed by atoms with Crippen molar-refractivity contribution in [2.75, 3.05) is 13.2 Å². The predicted molar refractivity (Wildman–Crippen MR) is 65.1 cm³/mol. The summed E-state index contributed by atoms with van der Waals surface area (Å²) in [7, 11) is 0. The minimum Gasteiger partial charge on any atom is -0.475 e. The summed E-state index contributed by atoms with van der Waals surface area (Å²) in [6, 6.07) is 4.19. The molecular formula is C13H16N2O2. The van der Waals surface area contributed by atoms with Gasteiger partial charge in [0.05, 0.1) is 11.6 Å². The quantitative estimate of drug-likeness (QED) is 0.882. The first-order valence-electron chi connectivity index (χ1n) is 6.12. The molecule has 4 heteroatoms. The summed E-state index contributed by atoms with van der Waals surface area (Å²) in [5.41, 5.74) is 0.826. The molecule has 0 aromatic carbocycles. The molecule has 0 aliphatic carbocycles. The summed E-state index contributed by atoms with van der Waals surface area (Å²) in [5, 5.41) is 4.40. The first-order valence-corrected chi connectivity index (χ1v) is 6.12. The van der Waals surface area contributed by atoms with Gasteiger partial charge in [0.15, 0.2) is 0 Å². The van der Waals surface area contributed by atoms with E-state index in [9.17, 15) is 0 Å².